The Labute approximate surface area is 315 Å². The number of hydrogen-bond acceptors (Lipinski definition) is 6. The largest absolute Gasteiger partial charge is 0.388 e. The number of hydrogen-bond donors (Lipinski definition) is 2. The number of aromatic nitrogens is 2. The summed E-state index contributed by atoms with van der Waals surface area (Å²) in [6.07, 6.45) is 8.19. The summed E-state index contributed by atoms with van der Waals surface area (Å²) in [6, 6.07) is 32.1. The highest BCUT2D eigenvalue weighted by Crippen LogP contribution is 2.36. The Morgan fingerprint density at radius 3 is 2.30 bits per heavy atom. The van der Waals surface area contributed by atoms with Crippen LogP contribution in [0.2, 0.25) is 0 Å². The third-order valence-corrected chi connectivity index (χ3v) is 10.2. The van der Waals surface area contributed by atoms with Gasteiger partial charge in [-0.1, -0.05) is 99.6 Å². The number of carbonyl (C=O) groups excluding carboxylic acids is 1. The molecule has 1 unspecified atom stereocenters. The normalized spacial score (nSPS) is 13.8. The molecule has 1 fully saturated rings. The summed E-state index contributed by atoms with van der Waals surface area (Å²) in [5, 5.41) is 5.73. The van der Waals surface area contributed by atoms with E-state index >= 15 is 0 Å². The van der Waals surface area contributed by atoms with Gasteiger partial charge in [-0.15, -0.1) is 0 Å². The molecule has 1 amide bonds. The molecule has 1 aliphatic carbocycles. The zero-order valence-corrected chi connectivity index (χ0v) is 31.9. The molecule has 1 atom stereocenters. The first kappa shape index (κ1) is 37.7. The molecule has 0 bridgehead atoms. The highest BCUT2D eigenvalue weighted by atomic mass is 16.2. The maximum atomic E-state index is 14.3. The minimum atomic E-state index is -0.284. The van der Waals surface area contributed by atoms with E-state index in [0.29, 0.717) is 19.1 Å². The van der Waals surface area contributed by atoms with E-state index in [1.807, 2.05) is 35.5 Å². The summed E-state index contributed by atoms with van der Waals surface area (Å²) in [4.78, 5) is 33.5. The standard InChI is InChI=1S/C45H55N7O/c1-6-25-50(5)27-24-47-30-41(46-4)39-21-20-37-28-36(18-19-38(37)29-39)33-14-16-34(17-15-33)42-31-48-43(49-42)32-51(26-7-2)45(53)44(35-12-10-9-11-13-35)52(8-3)40-22-23-40/h9-21,28-31,40,44,47H,4,6-8,22-27,32H2,1-3,5H3,(H,48,49)/b41-30-. The third kappa shape index (κ3) is 9.50. The Bertz CT molecular complexity index is 1980. The van der Waals surface area contributed by atoms with E-state index in [9.17, 15) is 4.79 Å². The number of benzene rings is 4. The van der Waals surface area contributed by atoms with Crippen LogP contribution in [0.1, 0.15) is 69.4 Å². The number of H-pyrrole nitrogens is 1. The average Bonchev–Trinajstić information content (AvgIpc) is 3.93. The predicted molar refractivity (Wildman–Crippen MR) is 221 cm³/mol. The number of rotatable bonds is 19. The van der Waals surface area contributed by atoms with Crippen molar-refractivity contribution >= 4 is 29.1 Å². The Morgan fingerprint density at radius 2 is 1.60 bits per heavy atom. The first-order chi connectivity index (χ1) is 25.9. The van der Waals surface area contributed by atoms with E-state index in [1.54, 1.807) is 0 Å². The van der Waals surface area contributed by atoms with Crippen molar-refractivity contribution < 1.29 is 4.79 Å². The lowest BCUT2D eigenvalue weighted by molar-refractivity contribution is -0.138. The van der Waals surface area contributed by atoms with Gasteiger partial charge in [-0.05, 0) is 97.7 Å². The van der Waals surface area contributed by atoms with Crippen LogP contribution in [0.25, 0.3) is 38.9 Å². The van der Waals surface area contributed by atoms with Crippen molar-refractivity contribution in [3.8, 4) is 22.4 Å². The van der Waals surface area contributed by atoms with Gasteiger partial charge in [-0.2, -0.15) is 0 Å². The molecule has 6 rings (SSSR count). The zero-order chi connectivity index (χ0) is 37.2. The fourth-order valence-corrected chi connectivity index (χ4v) is 7.21. The highest BCUT2D eigenvalue weighted by Gasteiger charge is 2.39. The minimum Gasteiger partial charge on any atom is -0.388 e. The second-order valence-corrected chi connectivity index (χ2v) is 14.2. The summed E-state index contributed by atoms with van der Waals surface area (Å²) in [5.41, 5.74) is 7.24. The van der Waals surface area contributed by atoms with E-state index in [4.69, 9.17) is 4.98 Å². The van der Waals surface area contributed by atoms with Crippen molar-refractivity contribution in [3.63, 3.8) is 0 Å². The number of likely N-dealkylation sites (N-methyl/N-ethyl adjacent to an activating group) is 2. The molecule has 0 aliphatic heterocycles. The lowest BCUT2D eigenvalue weighted by atomic mass is 9.98. The Kier molecular flexibility index (Phi) is 12.9. The number of amides is 1. The van der Waals surface area contributed by atoms with Gasteiger partial charge in [-0.3, -0.25) is 14.7 Å². The molecule has 0 spiro atoms. The van der Waals surface area contributed by atoms with Crippen LogP contribution in [0.15, 0.2) is 108 Å². The molecule has 276 valence electrons. The Balaban J connectivity index is 1.13. The number of imidazole rings is 1. The van der Waals surface area contributed by atoms with Crippen molar-refractivity contribution in [2.45, 2.75) is 65.1 Å². The predicted octanol–water partition coefficient (Wildman–Crippen LogP) is 8.79. The number of nitrogens with one attached hydrogen (secondary N) is 2. The maximum absolute atomic E-state index is 14.3. The summed E-state index contributed by atoms with van der Waals surface area (Å²) in [6.45, 7) is 15.2. The molecular weight excluding hydrogens is 655 g/mol. The third-order valence-electron chi connectivity index (χ3n) is 10.2. The van der Waals surface area contributed by atoms with Gasteiger partial charge >= 0.3 is 0 Å². The summed E-state index contributed by atoms with van der Waals surface area (Å²) in [7, 11) is 2.15. The Morgan fingerprint density at radius 1 is 0.906 bits per heavy atom. The quantitative estimate of drug-likeness (QED) is 0.0662. The molecular formula is C45H55N7O. The Hall–Kier alpha value is -5.05. The van der Waals surface area contributed by atoms with Crippen LogP contribution in [0.3, 0.4) is 0 Å². The van der Waals surface area contributed by atoms with Crippen molar-refractivity contribution in [1.82, 2.24) is 30.0 Å². The lowest BCUT2D eigenvalue weighted by Gasteiger charge is -2.34. The minimum absolute atomic E-state index is 0.147. The van der Waals surface area contributed by atoms with Crippen LogP contribution in [0.4, 0.5) is 0 Å². The van der Waals surface area contributed by atoms with Crippen molar-refractivity contribution in [2.75, 3.05) is 39.8 Å². The van der Waals surface area contributed by atoms with E-state index in [2.05, 4.69) is 132 Å². The van der Waals surface area contributed by atoms with Gasteiger partial charge in [0, 0.05) is 37.4 Å². The lowest BCUT2D eigenvalue weighted by Crippen LogP contribution is -2.44. The average molecular weight is 710 g/mol. The molecule has 1 heterocycles. The summed E-state index contributed by atoms with van der Waals surface area (Å²) < 4.78 is 0. The van der Waals surface area contributed by atoms with Crippen molar-refractivity contribution in [2.24, 2.45) is 4.99 Å². The van der Waals surface area contributed by atoms with Crippen LogP contribution >= 0.6 is 0 Å². The molecule has 0 radical (unpaired) electrons. The maximum Gasteiger partial charge on any atom is 0.244 e. The van der Waals surface area contributed by atoms with Crippen molar-refractivity contribution in [3.05, 3.63) is 120 Å². The van der Waals surface area contributed by atoms with Crippen LogP contribution in [-0.2, 0) is 11.3 Å². The van der Waals surface area contributed by atoms with Gasteiger partial charge in [0.25, 0.3) is 0 Å². The fraction of sp³-hybridized carbons (Fsp3) is 0.356. The number of carbonyl (C=O) groups is 1. The molecule has 1 saturated carbocycles. The van der Waals surface area contributed by atoms with E-state index < -0.39 is 0 Å². The highest BCUT2D eigenvalue weighted by molar-refractivity contribution is 5.90. The van der Waals surface area contributed by atoms with Crippen molar-refractivity contribution in [1.29, 1.82) is 0 Å². The first-order valence-corrected chi connectivity index (χ1v) is 19.3. The molecule has 1 aromatic heterocycles. The first-order valence-electron chi connectivity index (χ1n) is 19.3. The van der Waals surface area contributed by atoms with Crippen LogP contribution in [-0.4, -0.2) is 83.1 Å². The van der Waals surface area contributed by atoms with Gasteiger partial charge in [0.1, 0.15) is 11.9 Å². The molecule has 2 N–H and O–H groups in total. The molecule has 1 aliphatic rings. The number of nitrogens with zero attached hydrogens (tertiary/aromatic N) is 5. The molecule has 8 nitrogen and oxygen atoms in total. The number of fused-ring (bicyclic) bond motifs is 1. The monoisotopic (exact) mass is 709 g/mol. The van der Waals surface area contributed by atoms with Crippen LogP contribution in [0, 0.1) is 0 Å². The molecule has 5 aromatic rings. The smallest absolute Gasteiger partial charge is 0.244 e. The van der Waals surface area contributed by atoms with Gasteiger partial charge in [0.2, 0.25) is 5.91 Å². The second-order valence-electron chi connectivity index (χ2n) is 14.2. The SMILES string of the molecule is C=N/C(=C\NCCN(C)CCC)c1ccc2cc(-c3ccc(-c4cnc(CN(CCC)C(=O)C(c5ccccc5)N(CC)C5CC5)[nH]4)cc3)ccc2c1. The van der Waals surface area contributed by atoms with E-state index in [-0.39, 0.29) is 11.9 Å². The molecule has 8 heteroatoms. The molecule has 53 heavy (non-hydrogen) atoms. The van der Waals surface area contributed by atoms with Gasteiger partial charge in [-0.25, -0.2) is 4.98 Å². The van der Waals surface area contributed by atoms with Gasteiger partial charge in [0.15, 0.2) is 0 Å². The van der Waals surface area contributed by atoms with Crippen LogP contribution < -0.4 is 5.32 Å². The second kappa shape index (κ2) is 18.1. The molecule has 4 aromatic carbocycles. The topological polar surface area (TPSA) is 79.9 Å². The number of aliphatic imine (C=N–C) groups is 1. The van der Waals surface area contributed by atoms with Crippen LogP contribution in [0.5, 0.6) is 0 Å². The molecule has 0 saturated heterocycles. The zero-order valence-electron chi connectivity index (χ0n) is 31.9. The summed E-state index contributed by atoms with van der Waals surface area (Å²) >= 11 is 0. The number of aromatic amines is 1. The van der Waals surface area contributed by atoms with E-state index in [1.165, 1.54) is 5.39 Å². The fourth-order valence-electron chi connectivity index (χ4n) is 7.21. The van der Waals surface area contributed by atoms with Gasteiger partial charge < -0.3 is 20.1 Å². The summed E-state index contributed by atoms with van der Waals surface area (Å²) in [5.74, 6) is 0.939. The van der Waals surface area contributed by atoms with E-state index in [0.717, 1.165) is 102 Å². The van der Waals surface area contributed by atoms with Gasteiger partial charge in [0.05, 0.1) is 24.1 Å².